The number of methoxy groups -OCH3 is 1. The van der Waals surface area contributed by atoms with Gasteiger partial charge in [-0.1, -0.05) is 30.3 Å². The lowest BCUT2D eigenvalue weighted by Gasteiger charge is -2.41. The number of hydrogen-bond donors (Lipinski definition) is 2. The monoisotopic (exact) mass is 836 g/mol. The molecule has 2 aliphatic rings. The number of rotatable bonds is 13. The number of amides is 2. The molecule has 0 spiro atoms. The summed E-state index contributed by atoms with van der Waals surface area (Å²) in [6.45, 7) is 12.6. The molecular formula is C44H55F3N6O7. The first kappa shape index (κ1) is 44.2. The Kier molecular flexibility index (Phi) is 14.3. The molecule has 13 nitrogen and oxygen atoms in total. The van der Waals surface area contributed by atoms with Crippen molar-refractivity contribution in [2.75, 3.05) is 57.1 Å². The van der Waals surface area contributed by atoms with Gasteiger partial charge in [-0.3, -0.25) is 10.2 Å². The van der Waals surface area contributed by atoms with E-state index < -0.39 is 29.5 Å². The number of anilines is 2. The Morgan fingerprint density at radius 1 is 0.900 bits per heavy atom. The average Bonchev–Trinajstić information content (AvgIpc) is 3.20. The number of carbonyl (C=O) groups is 2. The Labute approximate surface area is 348 Å². The van der Waals surface area contributed by atoms with Crippen LogP contribution in [0.15, 0.2) is 60.7 Å². The van der Waals surface area contributed by atoms with Crippen LogP contribution in [0.2, 0.25) is 0 Å². The molecule has 4 aromatic rings. The second kappa shape index (κ2) is 19.4. The van der Waals surface area contributed by atoms with Crippen molar-refractivity contribution in [2.24, 2.45) is 0 Å². The first-order chi connectivity index (χ1) is 28.5. The van der Waals surface area contributed by atoms with E-state index in [1.165, 1.54) is 6.07 Å². The van der Waals surface area contributed by atoms with Crippen LogP contribution in [0.4, 0.5) is 34.3 Å². The normalized spacial score (nSPS) is 16.3. The summed E-state index contributed by atoms with van der Waals surface area (Å²) >= 11 is 0. The molecule has 3 heterocycles. The smallest absolute Gasteiger partial charge is 0.416 e. The average molecular weight is 837 g/mol. The molecule has 324 valence electrons. The standard InChI is InChI=1S/C44H55F3N6O7/c1-28(31-22-32(44(45,46)47)24-33(23-31)51-41(54)58-27-30-10-8-7-9-11-30)48-40-36-25-38(57-21-20-56-6)39(26-37(36)49-29(2)50-40)59-35-14-18-52(19-15-35)34-12-16-53(17-13-34)42(55)60-43(3,4)5/h7-11,22-26,28,34-35H,12-21,27H2,1-6H3,(H,51,54)(H,48,49,50)/t28-/m1/s1. The second-order valence-corrected chi connectivity index (χ2v) is 16.2. The SMILES string of the molecule is COCCOc1cc2c(N[C@H](C)c3cc(NC(=O)OCc4ccccc4)cc(C(F)(F)F)c3)nc(C)nc2cc1OC1CCN(C2CCN(C(=O)OC(C)(C)C)CC2)CC1. The number of benzene rings is 3. The van der Waals surface area contributed by atoms with Gasteiger partial charge in [-0.15, -0.1) is 0 Å². The predicted octanol–water partition coefficient (Wildman–Crippen LogP) is 9.15. The Balaban J connectivity index is 1.15. The van der Waals surface area contributed by atoms with E-state index >= 15 is 0 Å². The molecule has 2 fully saturated rings. The van der Waals surface area contributed by atoms with Crippen molar-refractivity contribution < 1.29 is 46.4 Å². The number of halogens is 3. The third-order valence-electron chi connectivity index (χ3n) is 10.4. The summed E-state index contributed by atoms with van der Waals surface area (Å²) in [5, 5.41) is 6.31. The van der Waals surface area contributed by atoms with Crippen molar-refractivity contribution >= 4 is 34.6 Å². The summed E-state index contributed by atoms with van der Waals surface area (Å²) in [5.41, 5.74) is 0.0284. The minimum absolute atomic E-state index is 0.0425. The number of fused-ring (bicyclic) bond motifs is 1. The van der Waals surface area contributed by atoms with Crippen molar-refractivity contribution in [3.63, 3.8) is 0 Å². The highest BCUT2D eigenvalue weighted by Gasteiger charge is 2.34. The van der Waals surface area contributed by atoms with Crippen molar-refractivity contribution in [1.82, 2.24) is 19.8 Å². The van der Waals surface area contributed by atoms with Gasteiger partial charge < -0.3 is 33.9 Å². The fraction of sp³-hybridized carbons (Fsp3) is 0.500. The molecule has 0 radical (unpaired) electrons. The number of carbonyl (C=O) groups excluding carboxylic acids is 2. The van der Waals surface area contributed by atoms with E-state index in [2.05, 4.69) is 25.5 Å². The van der Waals surface area contributed by atoms with E-state index in [9.17, 15) is 22.8 Å². The molecule has 2 N–H and O–H groups in total. The van der Waals surface area contributed by atoms with Gasteiger partial charge in [0.1, 0.15) is 36.6 Å². The predicted molar refractivity (Wildman–Crippen MR) is 221 cm³/mol. The van der Waals surface area contributed by atoms with Crippen molar-refractivity contribution in [2.45, 2.75) is 96.9 Å². The number of aryl methyl sites for hydroxylation is 1. The third-order valence-corrected chi connectivity index (χ3v) is 10.4. The number of alkyl halides is 3. The van der Waals surface area contributed by atoms with E-state index in [0.717, 1.165) is 56.5 Å². The van der Waals surface area contributed by atoms with E-state index in [1.54, 1.807) is 56.2 Å². The lowest BCUT2D eigenvalue weighted by Crippen LogP contribution is -2.50. The minimum atomic E-state index is -4.68. The summed E-state index contributed by atoms with van der Waals surface area (Å²) in [7, 11) is 1.58. The van der Waals surface area contributed by atoms with E-state index in [4.69, 9.17) is 23.7 Å². The van der Waals surface area contributed by atoms with Crippen LogP contribution in [0.5, 0.6) is 11.5 Å². The summed E-state index contributed by atoms with van der Waals surface area (Å²) in [4.78, 5) is 38.8. The fourth-order valence-electron chi connectivity index (χ4n) is 7.38. The van der Waals surface area contributed by atoms with Crippen LogP contribution in [0, 0.1) is 6.92 Å². The van der Waals surface area contributed by atoms with Gasteiger partial charge in [0.05, 0.1) is 23.7 Å². The van der Waals surface area contributed by atoms with Gasteiger partial charge in [0.15, 0.2) is 11.5 Å². The molecule has 0 saturated carbocycles. The second-order valence-electron chi connectivity index (χ2n) is 16.2. The summed E-state index contributed by atoms with van der Waals surface area (Å²) in [5.74, 6) is 1.80. The van der Waals surface area contributed by atoms with Gasteiger partial charge in [0.2, 0.25) is 0 Å². The Morgan fingerprint density at radius 2 is 1.62 bits per heavy atom. The van der Waals surface area contributed by atoms with Gasteiger partial charge in [-0.05, 0) is 95.7 Å². The molecule has 6 rings (SSSR count). The van der Waals surface area contributed by atoms with Gasteiger partial charge in [-0.2, -0.15) is 13.2 Å². The summed E-state index contributed by atoms with van der Waals surface area (Å²) in [6, 6.07) is 15.6. The first-order valence-corrected chi connectivity index (χ1v) is 20.3. The van der Waals surface area contributed by atoms with E-state index in [-0.39, 0.29) is 36.7 Å². The molecule has 1 aromatic heterocycles. The molecule has 60 heavy (non-hydrogen) atoms. The highest BCUT2D eigenvalue weighted by atomic mass is 19.4. The van der Waals surface area contributed by atoms with Crippen LogP contribution in [-0.4, -0.2) is 96.2 Å². The van der Waals surface area contributed by atoms with Crippen LogP contribution in [0.1, 0.15) is 81.9 Å². The fourth-order valence-corrected chi connectivity index (χ4v) is 7.38. The molecule has 0 aliphatic carbocycles. The highest BCUT2D eigenvalue weighted by molar-refractivity contribution is 5.92. The van der Waals surface area contributed by atoms with Crippen LogP contribution < -0.4 is 20.1 Å². The topological polar surface area (TPSA) is 137 Å². The molecule has 2 saturated heterocycles. The molecule has 1 atom stereocenters. The van der Waals surface area contributed by atoms with Gasteiger partial charge in [0.25, 0.3) is 0 Å². The van der Waals surface area contributed by atoms with Crippen LogP contribution >= 0.6 is 0 Å². The molecule has 16 heteroatoms. The molecule has 3 aromatic carbocycles. The lowest BCUT2D eigenvalue weighted by molar-refractivity contribution is -0.137. The zero-order valence-electron chi connectivity index (χ0n) is 35.1. The molecule has 0 unspecified atom stereocenters. The van der Waals surface area contributed by atoms with Crippen LogP contribution in [-0.2, 0) is 27.0 Å². The zero-order chi connectivity index (χ0) is 43.0. The molecular weight excluding hydrogens is 782 g/mol. The van der Waals surface area contributed by atoms with E-state index in [1.807, 2.05) is 32.9 Å². The number of ether oxygens (including phenoxy) is 5. The van der Waals surface area contributed by atoms with Crippen molar-refractivity contribution in [1.29, 1.82) is 0 Å². The Morgan fingerprint density at radius 3 is 2.28 bits per heavy atom. The number of nitrogens with one attached hydrogen (secondary N) is 2. The summed E-state index contributed by atoms with van der Waals surface area (Å²) in [6.07, 6.45) is -2.54. The van der Waals surface area contributed by atoms with Gasteiger partial charge >= 0.3 is 18.4 Å². The Bertz CT molecular complexity index is 2080. The van der Waals surface area contributed by atoms with Crippen LogP contribution in [0.25, 0.3) is 10.9 Å². The van der Waals surface area contributed by atoms with Crippen LogP contribution in [0.3, 0.4) is 0 Å². The Hall–Kier alpha value is -5.35. The first-order valence-electron chi connectivity index (χ1n) is 20.3. The number of hydrogen-bond acceptors (Lipinski definition) is 11. The van der Waals surface area contributed by atoms with Crippen molar-refractivity contribution in [3.05, 3.63) is 83.2 Å². The molecule has 2 amide bonds. The highest BCUT2D eigenvalue weighted by Crippen LogP contribution is 2.39. The third kappa shape index (κ3) is 12.1. The number of likely N-dealkylation sites (tertiary alicyclic amines) is 2. The van der Waals surface area contributed by atoms with E-state index in [0.29, 0.717) is 59.8 Å². The number of piperidine rings is 2. The van der Waals surface area contributed by atoms with Crippen molar-refractivity contribution in [3.8, 4) is 11.5 Å². The minimum Gasteiger partial charge on any atom is -0.487 e. The molecule has 0 bridgehead atoms. The maximum Gasteiger partial charge on any atom is 0.416 e. The number of nitrogens with zero attached hydrogens (tertiary/aromatic N) is 4. The zero-order valence-corrected chi connectivity index (χ0v) is 35.1. The summed E-state index contributed by atoms with van der Waals surface area (Å²) < 4.78 is 71.2. The van der Waals surface area contributed by atoms with Gasteiger partial charge in [0, 0.05) is 56.5 Å². The maximum absolute atomic E-state index is 14.1. The molecule has 2 aliphatic heterocycles. The quantitative estimate of drug-likeness (QED) is 0.125. The maximum atomic E-state index is 14.1. The number of aromatic nitrogens is 2. The lowest BCUT2D eigenvalue weighted by atomic mass is 9.99. The largest absolute Gasteiger partial charge is 0.487 e. The van der Waals surface area contributed by atoms with Gasteiger partial charge in [-0.25, -0.2) is 19.6 Å².